The second-order valence-corrected chi connectivity index (χ2v) is 4.97. The first kappa shape index (κ1) is 17.3. The minimum absolute atomic E-state index is 0.312. The zero-order valence-electron chi connectivity index (χ0n) is 10.9. The van der Waals surface area contributed by atoms with Crippen molar-refractivity contribution in [2.24, 2.45) is 0 Å². The van der Waals surface area contributed by atoms with Gasteiger partial charge in [-0.2, -0.15) is 0 Å². The van der Waals surface area contributed by atoms with Crippen molar-refractivity contribution >= 4 is 45.4 Å². The van der Waals surface area contributed by atoms with E-state index in [1.807, 2.05) is 5.32 Å². The molecule has 0 atom stereocenters. The second kappa shape index (κ2) is 8.48. The lowest BCUT2D eigenvalue weighted by atomic mass is 10.3. The van der Waals surface area contributed by atoms with E-state index in [2.05, 4.69) is 26.0 Å². The fourth-order valence-corrected chi connectivity index (χ4v) is 1.87. The van der Waals surface area contributed by atoms with Crippen LogP contribution >= 0.6 is 27.5 Å². The molecule has 7 nitrogen and oxygen atoms in total. The van der Waals surface area contributed by atoms with Crippen molar-refractivity contribution < 1.29 is 23.9 Å². The van der Waals surface area contributed by atoms with Crippen LogP contribution in [0.25, 0.3) is 0 Å². The van der Waals surface area contributed by atoms with E-state index in [4.69, 9.17) is 16.3 Å². The lowest BCUT2D eigenvalue weighted by Crippen LogP contribution is -2.40. The molecule has 0 saturated heterocycles. The lowest BCUT2D eigenvalue weighted by molar-refractivity contribution is -0.150. The third kappa shape index (κ3) is 6.46. The van der Waals surface area contributed by atoms with Crippen LogP contribution in [0.15, 0.2) is 22.7 Å². The molecule has 3 amide bonds. The van der Waals surface area contributed by atoms with Crippen molar-refractivity contribution in [2.45, 2.75) is 0 Å². The van der Waals surface area contributed by atoms with Crippen molar-refractivity contribution in [3.63, 3.8) is 0 Å². The van der Waals surface area contributed by atoms with Gasteiger partial charge in [-0.1, -0.05) is 27.5 Å². The minimum Gasteiger partial charge on any atom is -0.480 e. The molecule has 0 saturated carbocycles. The molecule has 0 fully saturated rings. The summed E-state index contributed by atoms with van der Waals surface area (Å²) in [6.07, 6.45) is 0. The third-order valence-electron chi connectivity index (χ3n) is 2.08. The molecular weight excluding hydrogens is 367 g/mol. The Morgan fingerprint density at radius 2 is 2.00 bits per heavy atom. The van der Waals surface area contributed by atoms with Crippen LogP contribution in [0.2, 0.25) is 5.02 Å². The van der Waals surface area contributed by atoms with E-state index in [9.17, 15) is 14.4 Å². The molecule has 0 aliphatic carbocycles. The Morgan fingerprint density at radius 1 is 1.29 bits per heavy atom. The monoisotopic (exact) mass is 378 g/mol. The van der Waals surface area contributed by atoms with Crippen molar-refractivity contribution in [3.05, 3.63) is 27.7 Å². The van der Waals surface area contributed by atoms with Crippen LogP contribution in [-0.2, 0) is 14.3 Å². The Balaban J connectivity index is 2.34. The summed E-state index contributed by atoms with van der Waals surface area (Å²) in [4.78, 5) is 33.4. The van der Waals surface area contributed by atoms with Gasteiger partial charge in [-0.3, -0.25) is 10.1 Å². The van der Waals surface area contributed by atoms with Gasteiger partial charge in [-0.15, -0.1) is 0 Å². The summed E-state index contributed by atoms with van der Waals surface area (Å²) >= 11 is 9.13. The van der Waals surface area contributed by atoms with Crippen molar-refractivity contribution in [1.29, 1.82) is 0 Å². The molecule has 21 heavy (non-hydrogen) atoms. The summed E-state index contributed by atoms with van der Waals surface area (Å²) in [6, 6.07) is 4.20. The number of imide groups is 1. The number of carbonyl (C=O) groups is 3. The largest absolute Gasteiger partial charge is 0.480 e. The normalized spacial score (nSPS) is 9.67. The molecular formula is C12H12BrClN2O5. The van der Waals surface area contributed by atoms with Gasteiger partial charge in [0.15, 0.2) is 13.2 Å². The van der Waals surface area contributed by atoms with Crippen LogP contribution in [0, 0.1) is 0 Å². The van der Waals surface area contributed by atoms with Gasteiger partial charge in [-0.25, -0.2) is 9.59 Å². The smallest absolute Gasteiger partial charge is 0.344 e. The van der Waals surface area contributed by atoms with Crippen LogP contribution < -0.4 is 15.4 Å². The number of rotatable bonds is 5. The fraction of sp³-hybridized carbons (Fsp3) is 0.250. The maximum atomic E-state index is 11.4. The number of hydrogen-bond acceptors (Lipinski definition) is 5. The first-order valence-electron chi connectivity index (χ1n) is 5.67. The molecule has 1 aromatic rings. The quantitative estimate of drug-likeness (QED) is 0.756. The number of benzene rings is 1. The summed E-state index contributed by atoms with van der Waals surface area (Å²) in [5.74, 6) is -1.20. The fourth-order valence-electron chi connectivity index (χ4n) is 1.14. The topological polar surface area (TPSA) is 93.7 Å². The van der Waals surface area contributed by atoms with Crippen molar-refractivity contribution in [2.75, 3.05) is 20.3 Å². The molecule has 1 aromatic carbocycles. The molecule has 0 aliphatic heterocycles. The zero-order chi connectivity index (χ0) is 15.8. The number of halogens is 2. The molecule has 1 rings (SSSR count). The van der Waals surface area contributed by atoms with Gasteiger partial charge >= 0.3 is 12.0 Å². The Labute approximate surface area is 134 Å². The Bertz CT molecular complexity index is 552. The van der Waals surface area contributed by atoms with Crippen LogP contribution in [0.4, 0.5) is 4.79 Å². The molecule has 2 N–H and O–H groups in total. The van der Waals surface area contributed by atoms with Gasteiger partial charge in [0.25, 0.3) is 5.91 Å². The van der Waals surface area contributed by atoms with Crippen LogP contribution in [0.5, 0.6) is 5.75 Å². The number of esters is 1. The predicted molar refractivity (Wildman–Crippen MR) is 78.2 cm³/mol. The van der Waals surface area contributed by atoms with E-state index < -0.39 is 31.1 Å². The SMILES string of the molecule is CNC(=O)NC(=O)COC(=O)COc1ccc(Br)cc1Cl. The molecule has 9 heteroatoms. The summed E-state index contributed by atoms with van der Waals surface area (Å²) in [5.41, 5.74) is 0. The average Bonchev–Trinajstić information content (AvgIpc) is 2.44. The van der Waals surface area contributed by atoms with Gasteiger partial charge in [0, 0.05) is 11.5 Å². The van der Waals surface area contributed by atoms with E-state index in [0.717, 1.165) is 4.47 Å². The number of carbonyl (C=O) groups excluding carboxylic acids is 3. The highest BCUT2D eigenvalue weighted by Crippen LogP contribution is 2.27. The lowest BCUT2D eigenvalue weighted by Gasteiger charge is -2.08. The van der Waals surface area contributed by atoms with Gasteiger partial charge in [-0.05, 0) is 18.2 Å². The van der Waals surface area contributed by atoms with Gasteiger partial charge in [0.2, 0.25) is 0 Å². The number of hydrogen-bond donors (Lipinski definition) is 2. The minimum atomic E-state index is -0.763. The molecule has 0 spiro atoms. The summed E-state index contributed by atoms with van der Waals surface area (Å²) in [7, 11) is 1.35. The number of ether oxygens (including phenoxy) is 2. The number of nitrogens with one attached hydrogen (secondary N) is 2. The van der Waals surface area contributed by atoms with Crippen LogP contribution in [0.1, 0.15) is 0 Å². The molecule has 0 aliphatic rings. The molecule has 0 radical (unpaired) electrons. The standard InChI is InChI=1S/C12H12BrClN2O5/c1-15-12(19)16-10(17)5-21-11(18)6-20-9-3-2-7(13)4-8(9)14/h2-4H,5-6H2,1H3,(H2,15,16,17,19). The average molecular weight is 380 g/mol. The van der Waals surface area contributed by atoms with E-state index in [-0.39, 0.29) is 0 Å². The molecule has 0 aromatic heterocycles. The highest BCUT2D eigenvalue weighted by atomic mass is 79.9. The van der Waals surface area contributed by atoms with E-state index in [0.29, 0.717) is 10.8 Å². The Kier molecular flexibility index (Phi) is 6.97. The van der Waals surface area contributed by atoms with Crippen LogP contribution in [0.3, 0.4) is 0 Å². The third-order valence-corrected chi connectivity index (χ3v) is 2.87. The predicted octanol–water partition coefficient (Wildman–Crippen LogP) is 1.48. The number of urea groups is 1. The summed E-state index contributed by atoms with van der Waals surface area (Å²) in [5, 5.41) is 4.46. The number of amides is 3. The van der Waals surface area contributed by atoms with Crippen molar-refractivity contribution in [3.8, 4) is 5.75 Å². The second-order valence-electron chi connectivity index (χ2n) is 3.65. The highest BCUT2D eigenvalue weighted by molar-refractivity contribution is 9.10. The van der Waals surface area contributed by atoms with Crippen LogP contribution in [-0.4, -0.2) is 38.2 Å². The van der Waals surface area contributed by atoms with Gasteiger partial charge in [0.05, 0.1) is 5.02 Å². The molecule has 0 unspecified atom stereocenters. The van der Waals surface area contributed by atoms with E-state index >= 15 is 0 Å². The molecule has 114 valence electrons. The zero-order valence-corrected chi connectivity index (χ0v) is 13.3. The van der Waals surface area contributed by atoms with E-state index in [1.54, 1.807) is 18.2 Å². The summed E-state index contributed by atoms with van der Waals surface area (Å²) < 4.78 is 10.5. The van der Waals surface area contributed by atoms with E-state index in [1.165, 1.54) is 7.05 Å². The molecule has 0 heterocycles. The Hall–Kier alpha value is -1.80. The van der Waals surface area contributed by atoms with Gasteiger partial charge < -0.3 is 14.8 Å². The first-order chi connectivity index (χ1) is 9.92. The first-order valence-corrected chi connectivity index (χ1v) is 6.84. The summed E-state index contributed by atoms with van der Waals surface area (Å²) in [6.45, 7) is -0.988. The Morgan fingerprint density at radius 3 is 2.62 bits per heavy atom. The maximum Gasteiger partial charge on any atom is 0.344 e. The van der Waals surface area contributed by atoms with Crippen molar-refractivity contribution in [1.82, 2.24) is 10.6 Å². The molecule has 0 bridgehead atoms. The maximum absolute atomic E-state index is 11.4. The highest BCUT2D eigenvalue weighted by Gasteiger charge is 2.11. The van der Waals surface area contributed by atoms with Gasteiger partial charge in [0.1, 0.15) is 5.75 Å².